The highest BCUT2D eigenvalue weighted by molar-refractivity contribution is 8.00. The van der Waals surface area contributed by atoms with Gasteiger partial charge in [0.25, 0.3) is 0 Å². The van der Waals surface area contributed by atoms with E-state index >= 15 is 0 Å². The van der Waals surface area contributed by atoms with Crippen molar-refractivity contribution >= 4 is 34.9 Å². The molecule has 0 unspecified atom stereocenters. The molecule has 0 atom stereocenters. The highest BCUT2D eigenvalue weighted by atomic mass is 32.2. The molecule has 1 heterocycles. The second-order valence-electron chi connectivity index (χ2n) is 5.32. The summed E-state index contributed by atoms with van der Waals surface area (Å²) in [6.07, 6.45) is 0. The quantitative estimate of drug-likeness (QED) is 0.733. The highest BCUT2D eigenvalue weighted by Crippen LogP contribution is 2.22. The van der Waals surface area contributed by atoms with Crippen LogP contribution in [0.25, 0.3) is 0 Å². The summed E-state index contributed by atoms with van der Waals surface area (Å²) in [5, 5.41) is 4.84. The van der Waals surface area contributed by atoms with E-state index in [0.29, 0.717) is 18.8 Å². The summed E-state index contributed by atoms with van der Waals surface area (Å²) in [6, 6.07) is 11.9. The van der Waals surface area contributed by atoms with Crippen molar-refractivity contribution in [2.75, 3.05) is 18.8 Å². The topological polar surface area (TPSA) is 49.4 Å². The maximum Gasteiger partial charge on any atom is 0.239 e. The Hall–Kier alpha value is -1.79. The van der Waals surface area contributed by atoms with Gasteiger partial charge in [0.1, 0.15) is 0 Å². The van der Waals surface area contributed by atoms with Crippen molar-refractivity contribution in [2.45, 2.75) is 25.3 Å². The lowest BCUT2D eigenvalue weighted by atomic mass is 10.2. The Labute approximate surface area is 151 Å². The molecule has 2 aromatic rings. The molecule has 0 saturated carbocycles. The van der Waals surface area contributed by atoms with Crippen molar-refractivity contribution < 1.29 is 9.59 Å². The molecule has 24 heavy (non-hydrogen) atoms. The van der Waals surface area contributed by atoms with Gasteiger partial charge in [-0.1, -0.05) is 24.3 Å². The van der Waals surface area contributed by atoms with Gasteiger partial charge in [0.15, 0.2) is 0 Å². The Balaban J connectivity index is 1.80. The molecule has 0 bridgehead atoms. The normalized spacial score (nSPS) is 10.4. The SMILES string of the molecule is CCN(CC(=O)NCc1cccs1)C(=O)CSc1ccccc1C. The molecular weight excluding hydrogens is 340 g/mol. The molecule has 0 aliphatic carbocycles. The van der Waals surface area contributed by atoms with Gasteiger partial charge < -0.3 is 10.2 Å². The number of rotatable bonds is 8. The van der Waals surface area contributed by atoms with Crippen molar-refractivity contribution in [3.63, 3.8) is 0 Å². The fourth-order valence-corrected chi connectivity index (χ4v) is 3.73. The Morgan fingerprint density at radius 2 is 2.00 bits per heavy atom. The number of carbonyl (C=O) groups excluding carboxylic acids is 2. The first-order valence-electron chi connectivity index (χ1n) is 7.85. The Bertz CT molecular complexity index is 671. The van der Waals surface area contributed by atoms with Gasteiger partial charge in [-0.05, 0) is 36.9 Å². The van der Waals surface area contributed by atoms with E-state index in [9.17, 15) is 9.59 Å². The zero-order valence-electron chi connectivity index (χ0n) is 14.0. The number of carbonyl (C=O) groups is 2. The molecule has 6 heteroatoms. The van der Waals surface area contributed by atoms with Gasteiger partial charge in [0.05, 0.1) is 18.8 Å². The first kappa shape index (κ1) is 18.5. The average Bonchev–Trinajstić information content (AvgIpc) is 3.10. The summed E-state index contributed by atoms with van der Waals surface area (Å²) in [7, 11) is 0. The van der Waals surface area contributed by atoms with Crippen LogP contribution in [0.5, 0.6) is 0 Å². The van der Waals surface area contributed by atoms with Crippen LogP contribution in [0.4, 0.5) is 0 Å². The van der Waals surface area contributed by atoms with E-state index in [0.717, 1.165) is 15.3 Å². The van der Waals surface area contributed by atoms with E-state index < -0.39 is 0 Å². The standard InChI is InChI=1S/C18H22N2O2S2/c1-3-20(12-17(21)19-11-15-8-6-10-23-15)18(22)13-24-16-9-5-4-7-14(16)2/h4-10H,3,11-13H2,1-2H3,(H,19,21). The molecule has 0 aliphatic rings. The fourth-order valence-electron chi connectivity index (χ4n) is 2.15. The van der Waals surface area contributed by atoms with Gasteiger partial charge in [0.2, 0.25) is 11.8 Å². The molecule has 2 amide bonds. The minimum atomic E-state index is -0.125. The van der Waals surface area contributed by atoms with Gasteiger partial charge in [-0.3, -0.25) is 9.59 Å². The third-order valence-corrected chi connectivity index (χ3v) is 5.59. The zero-order valence-corrected chi connectivity index (χ0v) is 15.6. The van der Waals surface area contributed by atoms with Crippen LogP contribution < -0.4 is 5.32 Å². The summed E-state index contributed by atoms with van der Waals surface area (Å²) in [6.45, 7) is 5.07. The summed E-state index contributed by atoms with van der Waals surface area (Å²) >= 11 is 3.12. The van der Waals surface area contributed by atoms with Gasteiger partial charge in [-0.25, -0.2) is 0 Å². The van der Waals surface area contributed by atoms with Crippen LogP contribution in [-0.4, -0.2) is 35.6 Å². The molecular formula is C18H22N2O2S2. The van der Waals surface area contributed by atoms with Crippen molar-refractivity contribution in [1.29, 1.82) is 0 Å². The van der Waals surface area contributed by atoms with Crippen LogP contribution in [0.15, 0.2) is 46.7 Å². The predicted octanol–water partition coefficient (Wildman–Crippen LogP) is 3.31. The summed E-state index contributed by atoms with van der Waals surface area (Å²) in [4.78, 5) is 28.2. The predicted molar refractivity (Wildman–Crippen MR) is 100 cm³/mol. The zero-order chi connectivity index (χ0) is 17.4. The number of likely N-dealkylation sites (N-methyl/N-ethyl adjacent to an activating group) is 1. The third kappa shape index (κ3) is 5.69. The van der Waals surface area contributed by atoms with Gasteiger partial charge in [-0.2, -0.15) is 0 Å². The Morgan fingerprint density at radius 3 is 2.67 bits per heavy atom. The van der Waals surface area contributed by atoms with E-state index in [1.807, 2.05) is 55.6 Å². The molecule has 0 aliphatic heterocycles. The number of amides is 2. The van der Waals surface area contributed by atoms with Crippen LogP contribution in [0.1, 0.15) is 17.4 Å². The van der Waals surface area contributed by atoms with Crippen molar-refractivity contribution in [3.05, 3.63) is 52.2 Å². The lowest BCUT2D eigenvalue weighted by molar-refractivity contribution is -0.133. The van der Waals surface area contributed by atoms with Gasteiger partial charge in [-0.15, -0.1) is 23.1 Å². The maximum absolute atomic E-state index is 12.4. The Morgan fingerprint density at radius 1 is 1.21 bits per heavy atom. The molecule has 128 valence electrons. The third-order valence-electron chi connectivity index (χ3n) is 3.55. The molecule has 1 aromatic carbocycles. The molecule has 0 fully saturated rings. The molecule has 0 saturated heterocycles. The lowest BCUT2D eigenvalue weighted by Crippen LogP contribution is -2.41. The van der Waals surface area contributed by atoms with Crippen LogP contribution in [0, 0.1) is 6.92 Å². The number of thiophene rings is 1. The molecule has 2 rings (SSSR count). The van der Waals surface area contributed by atoms with Crippen molar-refractivity contribution in [1.82, 2.24) is 10.2 Å². The monoisotopic (exact) mass is 362 g/mol. The number of benzene rings is 1. The van der Waals surface area contributed by atoms with Crippen LogP contribution in [-0.2, 0) is 16.1 Å². The van der Waals surface area contributed by atoms with E-state index in [-0.39, 0.29) is 18.4 Å². The van der Waals surface area contributed by atoms with Crippen LogP contribution >= 0.6 is 23.1 Å². The van der Waals surface area contributed by atoms with E-state index in [1.54, 1.807) is 16.2 Å². The summed E-state index contributed by atoms with van der Waals surface area (Å²) in [5.41, 5.74) is 1.16. The summed E-state index contributed by atoms with van der Waals surface area (Å²) in [5.74, 6) is 0.202. The lowest BCUT2D eigenvalue weighted by Gasteiger charge is -2.20. The number of hydrogen-bond acceptors (Lipinski definition) is 4. The van der Waals surface area contributed by atoms with Crippen molar-refractivity contribution in [3.8, 4) is 0 Å². The smallest absolute Gasteiger partial charge is 0.239 e. The molecule has 4 nitrogen and oxygen atoms in total. The number of aryl methyl sites for hydroxylation is 1. The minimum absolute atomic E-state index is 0.0166. The van der Waals surface area contributed by atoms with E-state index in [2.05, 4.69) is 5.32 Å². The molecule has 1 aromatic heterocycles. The molecule has 0 spiro atoms. The molecule has 1 N–H and O–H groups in total. The average molecular weight is 363 g/mol. The second kappa shape index (κ2) is 9.49. The minimum Gasteiger partial charge on any atom is -0.350 e. The first-order chi connectivity index (χ1) is 11.6. The number of nitrogens with one attached hydrogen (secondary N) is 1. The highest BCUT2D eigenvalue weighted by Gasteiger charge is 2.16. The van der Waals surface area contributed by atoms with Crippen molar-refractivity contribution in [2.24, 2.45) is 0 Å². The molecule has 0 radical (unpaired) electrons. The van der Waals surface area contributed by atoms with Gasteiger partial charge in [0, 0.05) is 16.3 Å². The summed E-state index contributed by atoms with van der Waals surface area (Å²) < 4.78 is 0. The second-order valence-corrected chi connectivity index (χ2v) is 7.37. The Kier molecular flexibility index (Phi) is 7.34. The first-order valence-corrected chi connectivity index (χ1v) is 9.72. The fraction of sp³-hybridized carbons (Fsp3) is 0.333. The number of thioether (sulfide) groups is 1. The van der Waals surface area contributed by atoms with Crippen LogP contribution in [0.3, 0.4) is 0 Å². The maximum atomic E-state index is 12.4. The van der Waals surface area contributed by atoms with Gasteiger partial charge >= 0.3 is 0 Å². The largest absolute Gasteiger partial charge is 0.350 e. The number of nitrogens with zero attached hydrogens (tertiary/aromatic N) is 1. The number of hydrogen-bond donors (Lipinski definition) is 1. The van der Waals surface area contributed by atoms with E-state index in [4.69, 9.17) is 0 Å². The van der Waals surface area contributed by atoms with E-state index in [1.165, 1.54) is 11.8 Å². The van der Waals surface area contributed by atoms with Crippen LogP contribution in [0.2, 0.25) is 0 Å².